The Hall–Kier alpha value is -4.17. The van der Waals surface area contributed by atoms with Gasteiger partial charge >= 0.3 is 0 Å². The summed E-state index contributed by atoms with van der Waals surface area (Å²) in [7, 11) is 0. The molecule has 0 aliphatic rings. The Morgan fingerprint density at radius 1 is 1.18 bits per heavy atom. The van der Waals surface area contributed by atoms with E-state index in [4.69, 9.17) is 31.9 Å². The third-order valence-electron chi connectivity index (χ3n) is 4.73. The van der Waals surface area contributed by atoms with Gasteiger partial charge in [-0.25, -0.2) is 9.37 Å². The number of pyridine rings is 1. The summed E-state index contributed by atoms with van der Waals surface area (Å²) in [6, 6.07) is 16.7. The third kappa shape index (κ3) is 4.86. The van der Waals surface area contributed by atoms with Gasteiger partial charge in [0, 0.05) is 5.56 Å². The van der Waals surface area contributed by atoms with Crippen LogP contribution in [0.2, 0.25) is 5.02 Å². The van der Waals surface area contributed by atoms with E-state index in [1.807, 2.05) is 30.3 Å². The number of aromatic nitrogens is 1. The number of hydrogen-bond donors (Lipinski definition) is 3. The molecule has 2 aromatic carbocycles. The molecule has 0 saturated carbocycles. The summed E-state index contributed by atoms with van der Waals surface area (Å²) in [4.78, 5) is 16.9. The Balaban J connectivity index is 1.56. The van der Waals surface area contributed by atoms with Gasteiger partial charge in [0.2, 0.25) is 0 Å². The molecular weight excluding hydrogens is 447 g/mol. The van der Waals surface area contributed by atoms with Crippen molar-refractivity contribution in [1.82, 2.24) is 4.98 Å². The first kappa shape index (κ1) is 22.0. The molecule has 0 bridgehead atoms. The molecule has 0 radical (unpaired) electrons. The zero-order valence-electron chi connectivity index (χ0n) is 17.1. The lowest BCUT2D eigenvalue weighted by atomic mass is 10.1. The smallest absolute Gasteiger partial charge is 0.260 e. The van der Waals surface area contributed by atoms with E-state index < -0.39 is 11.7 Å². The van der Waals surface area contributed by atoms with Gasteiger partial charge in [-0.15, -0.1) is 0 Å². The van der Waals surface area contributed by atoms with E-state index in [-0.39, 0.29) is 51.5 Å². The fourth-order valence-corrected chi connectivity index (χ4v) is 3.31. The summed E-state index contributed by atoms with van der Waals surface area (Å²) in [5.74, 6) is -1.43. The highest BCUT2D eigenvalue weighted by atomic mass is 35.5. The molecule has 2 aromatic heterocycles. The minimum absolute atomic E-state index is 0.0124. The number of halogens is 2. The highest BCUT2D eigenvalue weighted by Crippen LogP contribution is 2.29. The predicted molar refractivity (Wildman–Crippen MR) is 123 cm³/mol. The Labute approximate surface area is 193 Å². The molecule has 4 rings (SSSR count). The van der Waals surface area contributed by atoms with Crippen molar-refractivity contribution in [1.29, 1.82) is 5.41 Å². The highest BCUT2D eigenvalue weighted by molar-refractivity contribution is 6.34. The van der Waals surface area contributed by atoms with Crippen LogP contribution in [0.1, 0.15) is 27.2 Å². The van der Waals surface area contributed by atoms with Crippen LogP contribution in [-0.2, 0) is 6.61 Å². The van der Waals surface area contributed by atoms with Gasteiger partial charge in [-0.1, -0.05) is 41.9 Å². The van der Waals surface area contributed by atoms with Crippen LogP contribution in [0.25, 0.3) is 0 Å². The van der Waals surface area contributed by atoms with Crippen molar-refractivity contribution in [3.05, 3.63) is 106 Å². The summed E-state index contributed by atoms with van der Waals surface area (Å²) in [5.41, 5.74) is 6.79. The molecule has 4 N–H and O–H groups in total. The first-order valence-electron chi connectivity index (χ1n) is 9.78. The normalized spacial score (nSPS) is 10.6. The minimum Gasteiger partial charge on any atom is -0.486 e. The Bertz CT molecular complexity index is 1310. The Kier molecular flexibility index (Phi) is 6.37. The van der Waals surface area contributed by atoms with Crippen molar-refractivity contribution < 1.29 is 18.3 Å². The van der Waals surface area contributed by atoms with Gasteiger partial charge in [-0.2, -0.15) is 0 Å². The van der Waals surface area contributed by atoms with Crippen LogP contribution in [0.5, 0.6) is 5.75 Å². The maximum Gasteiger partial charge on any atom is 0.260 e. The van der Waals surface area contributed by atoms with E-state index in [9.17, 15) is 4.79 Å². The van der Waals surface area contributed by atoms with Crippen molar-refractivity contribution in [3.63, 3.8) is 0 Å². The number of anilines is 2. The number of furan rings is 1. The first-order chi connectivity index (χ1) is 15.9. The third-order valence-corrected chi connectivity index (χ3v) is 5.05. The lowest BCUT2D eigenvalue weighted by Crippen LogP contribution is -2.16. The Morgan fingerprint density at radius 3 is 2.70 bits per heavy atom. The number of carbonyl (C=O) groups excluding carboxylic acids is 1. The lowest BCUT2D eigenvalue weighted by Gasteiger charge is -2.13. The topological polar surface area (TPSA) is 114 Å². The van der Waals surface area contributed by atoms with Gasteiger partial charge in [0.05, 0.1) is 28.7 Å². The van der Waals surface area contributed by atoms with E-state index in [0.29, 0.717) is 0 Å². The number of ether oxygens (including phenoxy) is 1. The van der Waals surface area contributed by atoms with Crippen LogP contribution in [0.4, 0.5) is 15.9 Å². The maximum atomic E-state index is 15.1. The second-order valence-corrected chi connectivity index (χ2v) is 7.38. The molecule has 0 saturated heterocycles. The molecule has 0 unspecified atom stereocenters. The number of nitrogens with zero attached hydrogens (tertiary/aromatic N) is 1. The number of nitrogens with one attached hydrogen (secondary N) is 2. The summed E-state index contributed by atoms with van der Waals surface area (Å²) in [6.45, 7) is 0.126. The Morgan fingerprint density at radius 2 is 1.97 bits per heavy atom. The molecule has 0 fully saturated rings. The van der Waals surface area contributed by atoms with E-state index in [1.165, 1.54) is 30.7 Å². The van der Waals surface area contributed by atoms with E-state index in [0.717, 1.165) is 5.56 Å². The molecule has 4 aromatic rings. The van der Waals surface area contributed by atoms with Gasteiger partial charge in [-0.3, -0.25) is 10.2 Å². The molecule has 7 nitrogen and oxygen atoms in total. The fourth-order valence-electron chi connectivity index (χ4n) is 3.08. The molecular formula is C24H18ClFN4O3. The molecule has 1 amide bonds. The SMILES string of the molecule is N=C(c1ccco1)c1cc(NC(=O)c2c(Cl)ccc(OCc3ccccc3)c2F)cnc1N. The van der Waals surface area contributed by atoms with Crippen molar-refractivity contribution in [2.24, 2.45) is 0 Å². The standard InChI is InChI=1S/C24H18ClFN4O3/c25-17-8-9-18(33-13-14-5-2-1-3-6-14)21(26)20(17)24(31)30-15-11-16(23(28)29-12-15)22(27)19-7-4-10-32-19/h1-12,27H,13H2,(H2,28,29)(H,30,31). The van der Waals surface area contributed by atoms with Gasteiger partial charge < -0.3 is 20.2 Å². The molecule has 33 heavy (non-hydrogen) atoms. The van der Waals surface area contributed by atoms with E-state index >= 15 is 4.39 Å². The van der Waals surface area contributed by atoms with Crippen molar-refractivity contribution >= 4 is 34.7 Å². The average molecular weight is 465 g/mol. The molecule has 0 spiro atoms. The van der Waals surface area contributed by atoms with Crippen LogP contribution in [0.15, 0.2) is 77.5 Å². The minimum atomic E-state index is -0.886. The van der Waals surface area contributed by atoms with Gasteiger partial charge in [-0.05, 0) is 35.9 Å². The monoisotopic (exact) mass is 464 g/mol. The zero-order chi connectivity index (χ0) is 23.4. The summed E-state index contributed by atoms with van der Waals surface area (Å²) in [6.07, 6.45) is 2.73. The molecule has 0 aliphatic heterocycles. The number of carbonyl (C=O) groups is 1. The molecule has 9 heteroatoms. The number of amides is 1. The first-order valence-corrected chi connectivity index (χ1v) is 10.2. The van der Waals surface area contributed by atoms with Crippen LogP contribution in [-0.4, -0.2) is 16.6 Å². The highest BCUT2D eigenvalue weighted by Gasteiger charge is 2.22. The average Bonchev–Trinajstić information content (AvgIpc) is 3.35. The summed E-state index contributed by atoms with van der Waals surface area (Å²) >= 11 is 6.12. The van der Waals surface area contributed by atoms with Crippen LogP contribution >= 0.6 is 11.6 Å². The lowest BCUT2D eigenvalue weighted by molar-refractivity contribution is 0.102. The van der Waals surface area contributed by atoms with Crippen LogP contribution in [0, 0.1) is 11.2 Å². The number of benzene rings is 2. The molecule has 0 atom stereocenters. The van der Waals surface area contributed by atoms with Gasteiger partial charge in [0.25, 0.3) is 5.91 Å². The predicted octanol–water partition coefficient (Wildman–Crippen LogP) is 5.30. The second-order valence-electron chi connectivity index (χ2n) is 6.97. The number of nitrogens with two attached hydrogens (primary N) is 1. The van der Waals surface area contributed by atoms with Crippen LogP contribution in [0.3, 0.4) is 0 Å². The van der Waals surface area contributed by atoms with Crippen molar-refractivity contribution in [3.8, 4) is 5.75 Å². The number of hydrogen-bond acceptors (Lipinski definition) is 6. The quantitative estimate of drug-likeness (QED) is 0.321. The van der Waals surface area contributed by atoms with Gasteiger partial charge in [0.1, 0.15) is 18.1 Å². The summed E-state index contributed by atoms with van der Waals surface area (Å²) in [5, 5.41) is 10.7. The van der Waals surface area contributed by atoms with E-state index in [1.54, 1.807) is 12.1 Å². The number of nitrogen functional groups attached to an aromatic ring is 1. The molecule has 2 heterocycles. The van der Waals surface area contributed by atoms with Crippen molar-refractivity contribution in [2.45, 2.75) is 6.61 Å². The zero-order valence-corrected chi connectivity index (χ0v) is 17.9. The van der Waals surface area contributed by atoms with Crippen LogP contribution < -0.4 is 15.8 Å². The molecule has 166 valence electrons. The number of rotatable bonds is 7. The largest absolute Gasteiger partial charge is 0.486 e. The van der Waals surface area contributed by atoms with Gasteiger partial charge in [0.15, 0.2) is 17.3 Å². The molecule has 0 aliphatic carbocycles. The van der Waals surface area contributed by atoms with E-state index in [2.05, 4.69) is 10.3 Å². The van der Waals surface area contributed by atoms with Crippen molar-refractivity contribution in [2.75, 3.05) is 11.1 Å². The second kappa shape index (κ2) is 9.54. The fraction of sp³-hybridized carbons (Fsp3) is 0.0417. The summed E-state index contributed by atoms with van der Waals surface area (Å²) < 4.78 is 25.9. The maximum absolute atomic E-state index is 15.1.